The molecule has 0 aliphatic heterocycles. The lowest BCUT2D eigenvalue weighted by Gasteiger charge is -2.17. The Kier molecular flexibility index (Phi) is 7.19. The summed E-state index contributed by atoms with van der Waals surface area (Å²) in [6.07, 6.45) is 3.11. The standard InChI is InChI=1S/C15H29N3O2/c1-15(2,3)14-13(12-18(4)17-14)11-16-7-6-8-20-10-9-19-5/h12,16H,6-11H2,1-5H3. The second kappa shape index (κ2) is 8.39. The number of hydrogen-bond donors (Lipinski definition) is 1. The van der Waals surface area contributed by atoms with E-state index in [2.05, 4.69) is 37.4 Å². The molecule has 1 aromatic rings. The van der Waals surface area contributed by atoms with Gasteiger partial charge in [-0.25, -0.2) is 0 Å². The summed E-state index contributed by atoms with van der Waals surface area (Å²) in [6.45, 7) is 10.5. The van der Waals surface area contributed by atoms with Crippen LogP contribution in [0.5, 0.6) is 0 Å². The summed E-state index contributed by atoms with van der Waals surface area (Å²) >= 11 is 0. The normalized spacial score (nSPS) is 12.1. The highest BCUT2D eigenvalue weighted by molar-refractivity contribution is 5.23. The van der Waals surface area contributed by atoms with Crippen LogP contribution in [-0.2, 0) is 28.5 Å². The van der Waals surface area contributed by atoms with Crippen LogP contribution in [0, 0.1) is 0 Å². The molecule has 0 bridgehead atoms. The van der Waals surface area contributed by atoms with E-state index in [1.54, 1.807) is 7.11 Å². The van der Waals surface area contributed by atoms with Crippen molar-refractivity contribution in [1.82, 2.24) is 15.1 Å². The zero-order chi connectivity index (χ0) is 15.0. The van der Waals surface area contributed by atoms with Crippen LogP contribution < -0.4 is 5.32 Å². The van der Waals surface area contributed by atoms with E-state index >= 15 is 0 Å². The first kappa shape index (κ1) is 17.1. The zero-order valence-corrected chi connectivity index (χ0v) is 13.5. The van der Waals surface area contributed by atoms with Gasteiger partial charge in [-0.3, -0.25) is 4.68 Å². The van der Waals surface area contributed by atoms with Crippen molar-refractivity contribution in [3.8, 4) is 0 Å². The van der Waals surface area contributed by atoms with Gasteiger partial charge in [0, 0.05) is 44.5 Å². The third-order valence-corrected chi connectivity index (χ3v) is 3.00. The van der Waals surface area contributed by atoms with Crippen LogP contribution in [-0.4, -0.2) is 43.3 Å². The van der Waals surface area contributed by atoms with Gasteiger partial charge in [0.15, 0.2) is 0 Å². The fourth-order valence-electron chi connectivity index (χ4n) is 2.07. The van der Waals surface area contributed by atoms with Gasteiger partial charge < -0.3 is 14.8 Å². The number of nitrogens with one attached hydrogen (secondary N) is 1. The van der Waals surface area contributed by atoms with Crippen LogP contribution in [0.15, 0.2) is 6.20 Å². The quantitative estimate of drug-likeness (QED) is 0.703. The second-order valence-corrected chi connectivity index (χ2v) is 6.06. The van der Waals surface area contributed by atoms with E-state index in [0.29, 0.717) is 13.2 Å². The number of aryl methyl sites for hydroxylation is 1. The molecule has 0 fully saturated rings. The highest BCUT2D eigenvalue weighted by atomic mass is 16.5. The van der Waals surface area contributed by atoms with E-state index in [9.17, 15) is 0 Å². The van der Waals surface area contributed by atoms with Gasteiger partial charge in [0.25, 0.3) is 0 Å². The zero-order valence-electron chi connectivity index (χ0n) is 13.5. The molecular weight excluding hydrogens is 254 g/mol. The molecule has 0 aliphatic carbocycles. The monoisotopic (exact) mass is 283 g/mol. The van der Waals surface area contributed by atoms with Gasteiger partial charge in [-0.15, -0.1) is 0 Å². The molecule has 0 radical (unpaired) electrons. The number of nitrogens with zero attached hydrogens (tertiary/aromatic N) is 2. The minimum Gasteiger partial charge on any atom is -0.382 e. The Morgan fingerprint density at radius 2 is 2.00 bits per heavy atom. The number of rotatable bonds is 9. The first-order valence-corrected chi connectivity index (χ1v) is 7.25. The lowest BCUT2D eigenvalue weighted by molar-refractivity contribution is 0.0695. The van der Waals surface area contributed by atoms with Gasteiger partial charge in [-0.2, -0.15) is 5.10 Å². The van der Waals surface area contributed by atoms with Crippen LogP contribution >= 0.6 is 0 Å². The first-order valence-electron chi connectivity index (χ1n) is 7.25. The fourth-order valence-corrected chi connectivity index (χ4v) is 2.07. The van der Waals surface area contributed by atoms with E-state index in [1.165, 1.54) is 11.3 Å². The Hall–Kier alpha value is -0.910. The summed E-state index contributed by atoms with van der Waals surface area (Å²) in [5.74, 6) is 0. The van der Waals surface area contributed by atoms with Crippen molar-refractivity contribution in [2.24, 2.45) is 7.05 Å². The third-order valence-electron chi connectivity index (χ3n) is 3.00. The predicted molar refractivity (Wildman–Crippen MR) is 80.9 cm³/mol. The molecule has 0 atom stereocenters. The Labute approximate surface area is 122 Å². The second-order valence-electron chi connectivity index (χ2n) is 6.06. The maximum atomic E-state index is 5.43. The van der Waals surface area contributed by atoms with Crippen LogP contribution in [0.3, 0.4) is 0 Å². The van der Waals surface area contributed by atoms with Gasteiger partial charge in [0.05, 0.1) is 18.9 Å². The summed E-state index contributed by atoms with van der Waals surface area (Å²) in [5, 5.41) is 8.02. The summed E-state index contributed by atoms with van der Waals surface area (Å²) in [4.78, 5) is 0. The van der Waals surface area contributed by atoms with E-state index in [4.69, 9.17) is 9.47 Å². The largest absolute Gasteiger partial charge is 0.382 e. The molecule has 1 heterocycles. The van der Waals surface area contributed by atoms with Crippen molar-refractivity contribution in [2.45, 2.75) is 39.2 Å². The van der Waals surface area contributed by atoms with Crippen molar-refractivity contribution in [1.29, 1.82) is 0 Å². The average Bonchev–Trinajstić information content (AvgIpc) is 2.74. The lowest BCUT2D eigenvalue weighted by atomic mass is 9.89. The number of aromatic nitrogens is 2. The van der Waals surface area contributed by atoms with Gasteiger partial charge >= 0.3 is 0 Å². The first-order chi connectivity index (χ1) is 9.45. The van der Waals surface area contributed by atoms with E-state index in [0.717, 1.165) is 26.1 Å². The van der Waals surface area contributed by atoms with Gasteiger partial charge in [-0.05, 0) is 13.0 Å². The molecule has 5 heteroatoms. The van der Waals surface area contributed by atoms with Crippen molar-refractivity contribution in [3.63, 3.8) is 0 Å². The molecule has 0 saturated heterocycles. The molecule has 0 aliphatic rings. The molecule has 1 N–H and O–H groups in total. The topological polar surface area (TPSA) is 48.3 Å². The van der Waals surface area contributed by atoms with Gasteiger partial charge in [0.1, 0.15) is 0 Å². The highest BCUT2D eigenvalue weighted by Crippen LogP contribution is 2.23. The molecule has 0 spiro atoms. The highest BCUT2D eigenvalue weighted by Gasteiger charge is 2.21. The Balaban J connectivity index is 2.25. The number of methoxy groups -OCH3 is 1. The van der Waals surface area contributed by atoms with E-state index < -0.39 is 0 Å². The van der Waals surface area contributed by atoms with Crippen LogP contribution in [0.1, 0.15) is 38.4 Å². The van der Waals surface area contributed by atoms with E-state index in [-0.39, 0.29) is 5.41 Å². The van der Waals surface area contributed by atoms with Crippen LogP contribution in [0.25, 0.3) is 0 Å². The van der Waals surface area contributed by atoms with Crippen molar-refractivity contribution < 1.29 is 9.47 Å². The van der Waals surface area contributed by atoms with Crippen molar-refractivity contribution in [3.05, 3.63) is 17.5 Å². The Morgan fingerprint density at radius 3 is 2.65 bits per heavy atom. The Bertz CT molecular complexity index is 383. The SMILES string of the molecule is COCCOCCCNCc1cn(C)nc1C(C)(C)C. The fraction of sp³-hybridized carbons (Fsp3) is 0.800. The van der Waals surface area contributed by atoms with Crippen LogP contribution in [0.4, 0.5) is 0 Å². The molecule has 1 rings (SSSR count). The van der Waals surface area contributed by atoms with Gasteiger partial charge in [0.2, 0.25) is 0 Å². The van der Waals surface area contributed by atoms with Gasteiger partial charge in [-0.1, -0.05) is 20.8 Å². The third kappa shape index (κ3) is 6.03. The van der Waals surface area contributed by atoms with Crippen molar-refractivity contribution in [2.75, 3.05) is 33.5 Å². The Morgan fingerprint density at radius 1 is 1.25 bits per heavy atom. The van der Waals surface area contributed by atoms with Crippen LogP contribution in [0.2, 0.25) is 0 Å². The maximum absolute atomic E-state index is 5.43. The molecule has 20 heavy (non-hydrogen) atoms. The molecule has 0 aromatic carbocycles. The molecule has 116 valence electrons. The lowest BCUT2D eigenvalue weighted by Crippen LogP contribution is -2.20. The molecule has 5 nitrogen and oxygen atoms in total. The maximum Gasteiger partial charge on any atom is 0.0722 e. The number of ether oxygens (including phenoxy) is 2. The summed E-state index contributed by atoms with van der Waals surface area (Å²) in [6, 6.07) is 0. The minimum absolute atomic E-state index is 0.0849. The molecule has 0 amide bonds. The summed E-state index contributed by atoms with van der Waals surface area (Å²) in [5.41, 5.74) is 2.53. The van der Waals surface area contributed by atoms with E-state index in [1.807, 2.05) is 11.7 Å². The summed E-state index contributed by atoms with van der Waals surface area (Å²) in [7, 11) is 3.66. The minimum atomic E-state index is 0.0849. The van der Waals surface area contributed by atoms with Crippen molar-refractivity contribution >= 4 is 0 Å². The molecule has 0 unspecified atom stereocenters. The number of hydrogen-bond acceptors (Lipinski definition) is 4. The molecule has 1 aromatic heterocycles. The summed E-state index contributed by atoms with van der Waals surface area (Å²) < 4.78 is 12.2. The average molecular weight is 283 g/mol. The predicted octanol–water partition coefficient (Wildman–Crippen LogP) is 1.86. The molecular formula is C15H29N3O2. The smallest absolute Gasteiger partial charge is 0.0722 e. The molecule has 0 saturated carbocycles.